The Hall–Kier alpha value is -0.970. The normalized spacial score (nSPS) is 20.0. The number of ketones is 1. The standard InChI is InChI=1S/C6H14O6.C6H12O6.C5H12O5/c2*7-1-3(9)5(11)6(12)4(10)2-8;6-1-3(8)5(10)4(9)2-7/h3-12H,1-2H2;3,5-9,11-12H,1-2H2;3-10H,1-2H2/t3-,4-,5+,6+;3-,5+,6+;3-,4+,5?/m11./s1. The summed E-state index contributed by atoms with van der Waals surface area (Å²) in [6, 6.07) is 0. The van der Waals surface area contributed by atoms with Crippen molar-refractivity contribution in [3.8, 4) is 0 Å². The number of hydrogen-bond donors (Lipinski definition) is 16. The third-order valence-corrected chi connectivity index (χ3v) is 4.07. The molecule has 0 aliphatic heterocycles. The van der Waals surface area contributed by atoms with Gasteiger partial charge in [0.05, 0.1) is 33.0 Å². The summed E-state index contributed by atoms with van der Waals surface area (Å²) in [5.41, 5.74) is 0. The predicted molar refractivity (Wildman–Crippen MR) is 108 cm³/mol. The molecule has 0 aromatic heterocycles. The van der Waals surface area contributed by atoms with Gasteiger partial charge in [0, 0.05) is 0 Å². The number of aliphatic hydroxyl groups is 16. The SMILES string of the molecule is O=C(CO)[C@H](O)[C@@H](O)[C@H](O)CO.OC[C@@H](O)C(O)[C@@H](O)CO.OC[C@@H](O)[C@H](O)[C@@H](O)[C@H](O)CO. The molecule has 17 heteroatoms. The van der Waals surface area contributed by atoms with Gasteiger partial charge in [-0.05, 0) is 0 Å². The van der Waals surface area contributed by atoms with Crippen molar-refractivity contribution in [2.45, 2.75) is 61.0 Å². The molecular weight excluding hydrogens is 476 g/mol. The van der Waals surface area contributed by atoms with E-state index in [1.807, 2.05) is 0 Å². The van der Waals surface area contributed by atoms with Crippen LogP contribution in [0.4, 0.5) is 0 Å². The Balaban J connectivity index is -0.000000426. The first kappa shape index (κ1) is 37.6. The van der Waals surface area contributed by atoms with Crippen LogP contribution in [0, 0.1) is 0 Å². The van der Waals surface area contributed by atoms with E-state index in [0.29, 0.717) is 0 Å². The van der Waals surface area contributed by atoms with Crippen molar-refractivity contribution >= 4 is 5.78 Å². The molecule has 34 heavy (non-hydrogen) atoms. The quantitative estimate of drug-likeness (QED) is 0.102. The molecule has 10 atom stereocenters. The van der Waals surface area contributed by atoms with Crippen LogP contribution in [0.5, 0.6) is 0 Å². The molecule has 0 aromatic rings. The fraction of sp³-hybridized carbons (Fsp3) is 0.941. The largest absolute Gasteiger partial charge is 0.394 e. The number of hydrogen-bond acceptors (Lipinski definition) is 17. The lowest BCUT2D eigenvalue weighted by atomic mass is 10.0. The van der Waals surface area contributed by atoms with Gasteiger partial charge in [0.25, 0.3) is 0 Å². The molecular formula is C17H38O17. The van der Waals surface area contributed by atoms with Crippen molar-refractivity contribution in [2.75, 3.05) is 39.6 Å². The molecule has 0 amide bonds. The van der Waals surface area contributed by atoms with Crippen LogP contribution in [-0.2, 0) is 4.79 Å². The van der Waals surface area contributed by atoms with Crippen molar-refractivity contribution < 1.29 is 86.5 Å². The lowest BCUT2D eigenvalue weighted by Crippen LogP contribution is -2.46. The first-order valence-electron chi connectivity index (χ1n) is 9.70. The van der Waals surface area contributed by atoms with E-state index >= 15 is 0 Å². The fourth-order valence-electron chi connectivity index (χ4n) is 1.75. The highest BCUT2D eigenvalue weighted by Crippen LogP contribution is 2.04. The third kappa shape index (κ3) is 15.1. The van der Waals surface area contributed by atoms with Crippen molar-refractivity contribution in [1.82, 2.24) is 0 Å². The molecule has 0 fully saturated rings. The molecule has 0 aliphatic carbocycles. The molecule has 0 aliphatic rings. The Kier molecular flexibility index (Phi) is 23.6. The van der Waals surface area contributed by atoms with E-state index in [9.17, 15) is 4.79 Å². The van der Waals surface area contributed by atoms with E-state index < -0.39 is 106 Å². The third-order valence-electron chi connectivity index (χ3n) is 4.07. The maximum Gasteiger partial charge on any atom is 0.189 e. The minimum atomic E-state index is -1.86. The van der Waals surface area contributed by atoms with Crippen molar-refractivity contribution in [2.24, 2.45) is 0 Å². The second kappa shape index (κ2) is 21.3. The summed E-state index contributed by atoms with van der Waals surface area (Å²) in [5, 5.41) is 138. The number of Topliss-reactive ketones (excluding diaryl/α,β-unsaturated/α-hetero) is 1. The number of rotatable bonds is 14. The summed E-state index contributed by atoms with van der Waals surface area (Å²) < 4.78 is 0. The van der Waals surface area contributed by atoms with Crippen LogP contribution >= 0.6 is 0 Å². The van der Waals surface area contributed by atoms with Crippen LogP contribution < -0.4 is 0 Å². The highest BCUT2D eigenvalue weighted by Gasteiger charge is 2.30. The van der Waals surface area contributed by atoms with Gasteiger partial charge in [-0.1, -0.05) is 0 Å². The van der Waals surface area contributed by atoms with Crippen molar-refractivity contribution in [3.05, 3.63) is 0 Å². The molecule has 17 nitrogen and oxygen atoms in total. The van der Waals surface area contributed by atoms with Gasteiger partial charge in [0.1, 0.15) is 67.6 Å². The minimum Gasteiger partial charge on any atom is -0.394 e. The zero-order valence-electron chi connectivity index (χ0n) is 18.1. The molecule has 1 unspecified atom stereocenters. The topological polar surface area (TPSA) is 341 Å². The second-order valence-corrected chi connectivity index (χ2v) is 6.78. The number of carbonyl (C=O) groups is 1. The highest BCUT2D eigenvalue weighted by atomic mass is 16.4. The zero-order valence-corrected chi connectivity index (χ0v) is 18.1. The average molecular weight is 514 g/mol. The van der Waals surface area contributed by atoms with Crippen molar-refractivity contribution in [1.29, 1.82) is 0 Å². The fourth-order valence-corrected chi connectivity index (χ4v) is 1.75. The second-order valence-electron chi connectivity index (χ2n) is 6.78. The average Bonchev–Trinajstić information content (AvgIpc) is 2.88. The monoisotopic (exact) mass is 514 g/mol. The van der Waals surface area contributed by atoms with Crippen molar-refractivity contribution in [3.63, 3.8) is 0 Å². The summed E-state index contributed by atoms with van der Waals surface area (Å²) in [6.45, 7) is -4.42. The van der Waals surface area contributed by atoms with Gasteiger partial charge in [-0.25, -0.2) is 0 Å². The summed E-state index contributed by atoms with van der Waals surface area (Å²) in [4.78, 5) is 10.5. The highest BCUT2D eigenvalue weighted by molar-refractivity contribution is 5.84. The van der Waals surface area contributed by atoms with Crippen LogP contribution in [0.1, 0.15) is 0 Å². The van der Waals surface area contributed by atoms with Gasteiger partial charge in [-0.2, -0.15) is 0 Å². The summed E-state index contributed by atoms with van der Waals surface area (Å²) >= 11 is 0. The van der Waals surface area contributed by atoms with Crippen LogP contribution in [0.25, 0.3) is 0 Å². The Morgan fingerprint density at radius 1 is 0.412 bits per heavy atom. The summed E-state index contributed by atoms with van der Waals surface area (Å²) in [7, 11) is 0. The molecule has 0 saturated heterocycles. The first-order valence-corrected chi connectivity index (χ1v) is 9.70. The molecule has 0 bridgehead atoms. The summed E-state index contributed by atoms with van der Waals surface area (Å²) in [6.07, 6.45) is -15.9. The zero-order chi connectivity index (χ0) is 27.6. The maximum absolute atomic E-state index is 10.5. The van der Waals surface area contributed by atoms with Gasteiger partial charge in [-0.15, -0.1) is 0 Å². The van der Waals surface area contributed by atoms with Gasteiger partial charge >= 0.3 is 0 Å². The van der Waals surface area contributed by atoms with Gasteiger partial charge in [0.2, 0.25) is 0 Å². The number of carbonyl (C=O) groups excluding carboxylic acids is 1. The molecule has 16 N–H and O–H groups in total. The van der Waals surface area contributed by atoms with Crippen LogP contribution in [0.3, 0.4) is 0 Å². The van der Waals surface area contributed by atoms with Gasteiger partial charge < -0.3 is 81.7 Å². The molecule has 0 saturated carbocycles. The van der Waals surface area contributed by atoms with E-state index in [0.717, 1.165) is 0 Å². The first-order chi connectivity index (χ1) is 15.7. The van der Waals surface area contributed by atoms with E-state index in [2.05, 4.69) is 0 Å². The minimum absolute atomic E-state index is 0.641. The lowest BCUT2D eigenvalue weighted by molar-refractivity contribution is -0.142. The molecule has 0 aromatic carbocycles. The van der Waals surface area contributed by atoms with E-state index in [4.69, 9.17) is 81.7 Å². The molecule has 0 radical (unpaired) electrons. The number of aliphatic hydroxyl groups excluding tert-OH is 16. The Bertz CT molecular complexity index is 459. The Morgan fingerprint density at radius 3 is 0.882 bits per heavy atom. The van der Waals surface area contributed by atoms with Gasteiger partial charge in [0.15, 0.2) is 5.78 Å². The Morgan fingerprint density at radius 2 is 0.647 bits per heavy atom. The lowest BCUT2D eigenvalue weighted by Gasteiger charge is -2.24. The molecule has 0 rings (SSSR count). The van der Waals surface area contributed by atoms with Crippen LogP contribution in [0.15, 0.2) is 0 Å². The van der Waals surface area contributed by atoms with Crippen LogP contribution in [0.2, 0.25) is 0 Å². The maximum atomic E-state index is 10.5. The van der Waals surface area contributed by atoms with E-state index in [1.54, 1.807) is 0 Å². The van der Waals surface area contributed by atoms with E-state index in [1.165, 1.54) is 0 Å². The van der Waals surface area contributed by atoms with Crippen LogP contribution in [-0.4, -0.2) is 188 Å². The smallest absolute Gasteiger partial charge is 0.189 e. The molecule has 0 heterocycles. The van der Waals surface area contributed by atoms with E-state index in [-0.39, 0.29) is 0 Å². The Labute approximate surface area is 193 Å². The van der Waals surface area contributed by atoms with Gasteiger partial charge in [-0.3, -0.25) is 4.79 Å². The molecule has 0 spiro atoms. The predicted octanol–water partition coefficient (Wildman–Crippen LogP) is -9.91. The summed E-state index contributed by atoms with van der Waals surface area (Å²) in [5.74, 6) is -1.00. The molecule has 208 valence electrons.